The van der Waals surface area contributed by atoms with Crippen LogP contribution in [0.4, 0.5) is 5.69 Å². The Labute approximate surface area is 91.1 Å². The van der Waals surface area contributed by atoms with Crippen molar-refractivity contribution < 1.29 is 0 Å². The fourth-order valence-corrected chi connectivity index (χ4v) is 2.74. The topological polar surface area (TPSA) is 29.3 Å². The molecule has 1 aliphatic carbocycles. The summed E-state index contributed by atoms with van der Waals surface area (Å²) in [5, 5.41) is 0. The van der Waals surface area contributed by atoms with Gasteiger partial charge >= 0.3 is 0 Å². The van der Waals surface area contributed by atoms with Crippen molar-refractivity contribution in [1.29, 1.82) is 0 Å². The molecular formula is C13H18N2. The van der Waals surface area contributed by atoms with Crippen LogP contribution in [-0.4, -0.2) is 18.6 Å². The van der Waals surface area contributed by atoms with Crippen molar-refractivity contribution in [3.05, 3.63) is 29.8 Å². The Bertz CT molecular complexity index is 369. The van der Waals surface area contributed by atoms with Crippen molar-refractivity contribution in [3.63, 3.8) is 0 Å². The first-order chi connectivity index (χ1) is 7.27. The van der Waals surface area contributed by atoms with Crippen LogP contribution in [0.15, 0.2) is 24.3 Å². The summed E-state index contributed by atoms with van der Waals surface area (Å²) < 4.78 is 0. The third kappa shape index (κ3) is 1.53. The first-order valence-corrected chi connectivity index (χ1v) is 5.89. The van der Waals surface area contributed by atoms with E-state index < -0.39 is 0 Å². The van der Waals surface area contributed by atoms with Crippen LogP contribution < -0.4 is 10.6 Å². The Morgan fingerprint density at radius 1 is 1.27 bits per heavy atom. The maximum absolute atomic E-state index is 6.30. The molecule has 1 saturated carbocycles. The SMILES string of the molecule is NC1(CN2CCc3ccccc32)CCC1. The number of rotatable bonds is 2. The molecule has 0 atom stereocenters. The number of benzene rings is 1. The predicted octanol–water partition coefficient (Wildman–Crippen LogP) is 1.93. The molecule has 2 aliphatic rings. The van der Waals surface area contributed by atoms with Gasteiger partial charge in [0, 0.05) is 24.3 Å². The third-order valence-corrected chi connectivity index (χ3v) is 3.84. The zero-order valence-electron chi connectivity index (χ0n) is 9.08. The second kappa shape index (κ2) is 3.24. The molecule has 1 fully saturated rings. The van der Waals surface area contributed by atoms with Gasteiger partial charge in [-0.25, -0.2) is 0 Å². The van der Waals surface area contributed by atoms with E-state index in [0.717, 1.165) is 13.1 Å². The number of nitrogens with two attached hydrogens (primary N) is 1. The lowest BCUT2D eigenvalue weighted by Crippen LogP contribution is -2.54. The number of hydrogen-bond acceptors (Lipinski definition) is 2. The fourth-order valence-electron chi connectivity index (χ4n) is 2.74. The minimum absolute atomic E-state index is 0.109. The average Bonchev–Trinajstić information content (AvgIpc) is 2.60. The van der Waals surface area contributed by atoms with E-state index in [1.165, 1.54) is 36.9 Å². The molecule has 0 radical (unpaired) electrons. The van der Waals surface area contributed by atoms with Crippen molar-refractivity contribution in [2.75, 3.05) is 18.0 Å². The summed E-state index contributed by atoms with van der Waals surface area (Å²) in [4.78, 5) is 2.47. The maximum atomic E-state index is 6.30. The van der Waals surface area contributed by atoms with Gasteiger partial charge in [-0.3, -0.25) is 0 Å². The molecule has 3 rings (SSSR count). The number of para-hydroxylation sites is 1. The van der Waals surface area contributed by atoms with Crippen LogP contribution >= 0.6 is 0 Å². The van der Waals surface area contributed by atoms with Crippen molar-refractivity contribution >= 4 is 5.69 Å². The van der Waals surface area contributed by atoms with Crippen LogP contribution in [0.25, 0.3) is 0 Å². The standard InChI is InChI=1S/C13H18N2/c14-13(7-3-8-13)10-15-9-6-11-4-1-2-5-12(11)15/h1-2,4-5H,3,6-10,14H2. The lowest BCUT2D eigenvalue weighted by Gasteiger charge is -2.41. The first-order valence-electron chi connectivity index (χ1n) is 5.89. The summed E-state index contributed by atoms with van der Waals surface area (Å²) in [7, 11) is 0. The molecule has 2 heteroatoms. The molecule has 1 aromatic rings. The van der Waals surface area contributed by atoms with E-state index >= 15 is 0 Å². The predicted molar refractivity (Wildman–Crippen MR) is 63.1 cm³/mol. The summed E-state index contributed by atoms with van der Waals surface area (Å²) >= 11 is 0. The highest BCUT2D eigenvalue weighted by molar-refractivity contribution is 5.58. The van der Waals surface area contributed by atoms with Gasteiger partial charge in [0.1, 0.15) is 0 Å². The number of fused-ring (bicyclic) bond motifs is 1. The zero-order valence-corrected chi connectivity index (χ0v) is 9.08. The Hall–Kier alpha value is -1.02. The van der Waals surface area contributed by atoms with Gasteiger partial charge in [-0.1, -0.05) is 18.2 Å². The highest BCUT2D eigenvalue weighted by Crippen LogP contribution is 2.34. The monoisotopic (exact) mass is 202 g/mol. The number of anilines is 1. The van der Waals surface area contributed by atoms with Crippen LogP contribution in [0.2, 0.25) is 0 Å². The zero-order chi connectivity index (χ0) is 10.3. The molecule has 1 aromatic carbocycles. The molecule has 0 unspecified atom stereocenters. The van der Waals surface area contributed by atoms with E-state index in [-0.39, 0.29) is 5.54 Å². The molecule has 15 heavy (non-hydrogen) atoms. The van der Waals surface area contributed by atoms with Crippen LogP contribution in [0.3, 0.4) is 0 Å². The summed E-state index contributed by atoms with van der Waals surface area (Å²) in [6, 6.07) is 8.72. The summed E-state index contributed by atoms with van der Waals surface area (Å²) in [6.45, 7) is 2.20. The highest BCUT2D eigenvalue weighted by Gasteiger charge is 2.35. The second-order valence-electron chi connectivity index (χ2n) is 5.02. The summed E-state index contributed by atoms with van der Waals surface area (Å²) in [6.07, 6.45) is 4.90. The molecule has 80 valence electrons. The Balaban J connectivity index is 1.79. The molecule has 2 N–H and O–H groups in total. The first kappa shape index (κ1) is 9.22. The smallest absolute Gasteiger partial charge is 0.0400 e. The maximum Gasteiger partial charge on any atom is 0.0400 e. The summed E-state index contributed by atoms with van der Waals surface area (Å²) in [5.74, 6) is 0. The van der Waals surface area contributed by atoms with Gasteiger partial charge in [-0.05, 0) is 37.3 Å². The average molecular weight is 202 g/mol. The van der Waals surface area contributed by atoms with Gasteiger partial charge < -0.3 is 10.6 Å². The molecular weight excluding hydrogens is 184 g/mol. The molecule has 1 aliphatic heterocycles. The minimum atomic E-state index is 0.109. The molecule has 0 aromatic heterocycles. The molecule has 2 nitrogen and oxygen atoms in total. The Morgan fingerprint density at radius 3 is 2.80 bits per heavy atom. The van der Waals surface area contributed by atoms with Crippen molar-refractivity contribution in [2.45, 2.75) is 31.2 Å². The van der Waals surface area contributed by atoms with Crippen LogP contribution in [-0.2, 0) is 6.42 Å². The normalized spacial score (nSPS) is 22.3. The Morgan fingerprint density at radius 2 is 2.07 bits per heavy atom. The van der Waals surface area contributed by atoms with E-state index in [2.05, 4.69) is 29.2 Å². The van der Waals surface area contributed by atoms with Gasteiger partial charge in [0.25, 0.3) is 0 Å². The molecule has 1 heterocycles. The summed E-state index contributed by atoms with van der Waals surface area (Å²) in [5.41, 5.74) is 9.30. The van der Waals surface area contributed by atoms with E-state index in [0.29, 0.717) is 0 Å². The van der Waals surface area contributed by atoms with E-state index in [1.807, 2.05) is 0 Å². The molecule has 0 spiro atoms. The van der Waals surface area contributed by atoms with Gasteiger partial charge in [0.05, 0.1) is 0 Å². The van der Waals surface area contributed by atoms with Gasteiger partial charge in [-0.2, -0.15) is 0 Å². The van der Waals surface area contributed by atoms with E-state index in [9.17, 15) is 0 Å². The van der Waals surface area contributed by atoms with Crippen LogP contribution in [0, 0.1) is 0 Å². The third-order valence-electron chi connectivity index (χ3n) is 3.84. The number of hydrogen-bond donors (Lipinski definition) is 1. The van der Waals surface area contributed by atoms with Gasteiger partial charge in [0.2, 0.25) is 0 Å². The fraction of sp³-hybridized carbons (Fsp3) is 0.538. The van der Waals surface area contributed by atoms with E-state index in [1.54, 1.807) is 0 Å². The molecule has 0 bridgehead atoms. The van der Waals surface area contributed by atoms with Gasteiger partial charge in [0.15, 0.2) is 0 Å². The van der Waals surface area contributed by atoms with Crippen molar-refractivity contribution in [2.24, 2.45) is 5.73 Å². The molecule has 0 amide bonds. The van der Waals surface area contributed by atoms with E-state index in [4.69, 9.17) is 5.73 Å². The minimum Gasteiger partial charge on any atom is -0.369 e. The van der Waals surface area contributed by atoms with Gasteiger partial charge in [-0.15, -0.1) is 0 Å². The lowest BCUT2D eigenvalue weighted by molar-refractivity contribution is 0.253. The van der Waals surface area contributed by atoms with Crippen molar-refractivity contribution in [3.8, 4) is 0 Å². The second-order valence-corrected chi connectivity index (χ2v) is 5.02. The van der Waals surface area contributed by atoms with Crippen LogP contribution in [0.5, 0.6) is 0 Å². The quantitative estimate of drug-likeness (QED) is 0.794. The van der Waals surface area contributed by atoms with Crippen molar-refractivity contribution in [1.82, 2.24) is 0 Å². The lowest BCUT2D eigenvalue weighted by atomic mass is 9.77. The molecule has 0 saturated heterocycles. The largest absolute Gasteiger partial charge is 0.369 e. The Kier molecular flexibility index (Phi) is 1.99. The highest BCUT2D eigenvalue weighted by atomic mass is 15.2. The van der Waals surface area contributed by atoms with Crippen LogP contribution in [0.1, 0.15) is 24.8 Å². The number of nitrogens with zero attached hydrogens (tertiary/aromatic N) is 1.